The Morgan fingerprint density at radius 3 is 2.17 bits per heavy atom. The van der Waals surface area contributed by atoms with Crippen molar-refractivity contribution in [2.45, 2.75) is 44.9 Å². The minimum atomic E-state index is 0.151. The first-order valence-corrected chi connectivity index (χ1v) is 4.90. The van der Waals surface area contributed by atoms with Gasteiger partial charge in [-0.25, -0.2) is 0 Å². The molecule has 0 aliphatic heterocycles. The molecule has 0 atom stereocenters. The molecule has 12 heavy (non-hydrogen) atoms. The fourth-order valence-electron chi connectivity index (χ4n) is 2.09. The number of carbonyl (C=O) groups is 1. The van der Waals surface area contributed by atoms with E-state index in [2.05, 4.69) is 6.58 Å². The van der Waals surface area contributed by atoms with Crippen LogP contribution in [0.5, 0.6) is 0 Å². The predicted octanol–water partition coefficient (Wildman–Crippen LogP) is 3.10. The summed E-state index contributed by atoms with van der Waals surface area (Å²) in [5.41, 5.74) is 0.151. The van der Waals surface area contributed by atoms with Crippen LogP contribution in [0.25, 0.3) is 0 Å². The minimum absolute atomic E-state index is 0.151. The lowest BCUT2D eigenvalue weighted by atomic mass is 9.78. The highest BCUT2D eigenvalue weighted by atomic mass is 16.1. The van der Waals surface area contributed by atoms with Crippen LogP contribution in [0.2, 0.25) is 0 Å². The Morgan fingerprint density at radius 1 is 1.17 bits per heavy atom. The van der Waals surface area contributed by atoms with Gasteiger partial charge < -0.3 is 4.79 Å². The average molecular weight is 166 g/mol. The van der Waals surface area contributed by atoms with Gasteiger partial charge in [0.05, 0.1) is 0 Å². The van der Waals surface area contributed by atoms with Crippen LogP contribution in [0.3, 0.4) is 0 Å². The number of hydrogen-bond donors (Lipinski definition) is 0. The van der Waals surface area contributed by atoms with Crippen molar-refractivity contribution in [1.82, 2.24) is 0 Å². The van der Waals surface area contributed by atoms with E-state index in [0.29, 0.717) is 6.42 Å². The lowest BCUT2D eigenvalue weighted by Crippen LogP contribution is -2.16. The first-order chi connectivity index (χ1) is 5.83. The summed E-state index contributed by atoms with van der Waals surface area (Å²) in [6.45, 7) is 3.86. The molecule has 1 fully saturated rings. The molecule has 0 aromatic carbocycles. The van der Waals surface area contributed by atoms with Gasteiger partial charge in [0.25, 0.3) is 0 Å². The van der Waals surface area contributed by atoms with Crippen molar-refractivity contribution >= 4 is 6.29 Å². The molecular formula is C11H18O. The Bertz CT molecular complexity index is 152. The molecule has 0 N–H and O–H groups in total. The zero-order chi connectivity index (χ0) is 8.86. The summed E-state index contributed by atoms with van der Waals surface area (Å²) in [7, 11) is 0. The van der Waals surface area contributed by atoms with Crippen molar-refractivity contribution in [1.29, 1.82) is 0 Å². The monoisotopic (exact) mass is 166 g/mol. The number of allylic oxidation sites excluding steroid dienone is 1. The molecule has 1 aliphatic carbocycles. The van der Waals surface area contributed by atoms with Gasteiger partial charge in [-0.1, -0.05) is 31.8 Å². The molecule has 0 unspecified atom stereocenters. The summed E-state index contributed by atoms with van der Waals surface area (Å²) in [6, 6.07) is 0. The summed E-state index contributed by atoms with van der Waals surface area (Å²) < 4.78 is 0. The highest BCUT2D eigenvalue weighted by Crippen LogP contribution is 2.38. The van der Waals surface area contributed by atoms with Gasteiger partial charge in [-0.15, -0.1) is 6.58 Å². The van der Waals surface area contributed by atoms with Gasteiger partial charge in [0.1, 0.15) is 6.29 Å². The van der Waals surface area contributed by atoms with Crippen molar-refractivity contribution in [2.24, 2.45) is 5.41 Å². The van der Waals surface area contributed by atoms with Gasteiger partial charge in [-0.05, 0) is 18.3 Å². The molecule has 0 radical (unpaired) electrons. The van der Waals surface area contributed by atoms with Crippen molar-refractivity contribution in [3.05, 3.63) is 12.7 Å². The molecule has 68 valence electrons. The highest BCUT2D eigenvalue weighted by molar-refractivity contribution is 5.51. The van der Waals surface area contributed by atoms with E-state index in [1.54, 1.807) is 0 Å². The Hall–Kier alpha value is -0.590. The molecule has 0 spiro atoms. The Morgan fingerprint density at radius 2 is 1.75 bits per heavy atom. The van der Waals surface area contributed by atoms with Crippen LogP contribution >= 0.6 is 0 Å². The van der Waals surface area contributed by atoms with Crippen molar-refractivity contribution in [2.75, 3.05) is 0 Å². The van der Waals surface area contributed by atoms with Gasteiger partial charge >= 0.3 is 0 Å². The third-order valence-electron chi connectivity index (χ3n) is 3.02. The van der Waals surface area contributed by atoms with E-state index >= 15 is 0 Å². The maximum Gasteiger partial charge on any atom is 0.120 e. The van der Waals surface area contributed by atoms with Crippen molar-refractivity contribution in [3.8, 4) is 0 Å². The molecule has 1 saturated carbocycles. The van der Waals surface area contributed by atoms with Crippen LogP contribution in [0, 0.1) is 5.41 Å². The molecule has 0 heterocycles. The fourth-order valence-corrected chi connectivity index (χ4v) is 2.09. The van der Waals surface area contributed by atoms with E-state index in [1.165, 1.54) is 25.7 Å². The lowest BCUT2D eigenvalue weighted by molar-refractivity contribution is -0.109. The second kappa shape index (κ2) is 4.44. The summed E-state index contributed by atoms with van der Waals surface area (Å²) >= 11 is 0. The Labute approximate surface area is 74.9 Å². The number of rotatable bonds is 3. The van der Waals surface area contributed by atoms with Gasteiger partial charge in [-0.2, -0.15) is 0 Å². The van der Waals surface area contributed by atoms with E-state index in [1.807, 2.05) is 6.08 Å². The molecule has 0 amide bonds. The van der Waals surface area contributed by atoms with Gasteiger partial charge in [0.2, 0.25) is 0 Å². The molecule has 1 heteroatoms. The minimum Gasteiger partial charge on any atom is -0.303 e. The first-order valence-electron chi connectivity index (χ1n) is 4.90. The van der Waals surface area contributed by atoms with Crippen LogP contribution in [-0.4, -0.2) is 6.29 Å². The first kappa shape index (κ1) is 9.50. The van der Waals surface area contributed by atoms with Crippen LogP contribution in [0.4, 0.5) is 0 Å². The van der Waals surface area contributed by atoms with Gasteiger partial charge in [-0.3, -0.25) is 0 Å². The van der Waals surface area contributed by atoms with Crippen molar-refractivity contribution < 1.29 is 4.79 Å². The highest BCUT2D eigenvalue weighted by Gasteiger charge is 2.26. The Balaban J connectivity index is 2.60. The third-order valence-corrected chi connectivity index (χ3v) is 3.02. The SMILES string of the molecule is C=CC1(CC=O)CCCCCC1. The average Bonchev–Trinajstić information content (AvgIpc) is 2.32. The number of hydrogen-bond acceptors (Lipinski definition) is 1. The topological polar surface area (TPSA) is 17.1 Å². The van der Waals surface area contributed by atoms with E-state index in [-0.39, 0.29) is 5.41 Å². The van der Waals surface area contributed by atoms with Gasteiger partial charge in [0, 0.05) is 6.42 Å². The van der Waals surface area contributed by atoms with Crippen molar-refractivity contribution in [3.63, 3.8) is 0 Å². The van der Waals surface area contributed by atoms with E-state index in [9.17, 15) is 4.79 Å². The zero-order valence-electron chi connectivity index (χ0n) is 7.72. The maximum atomic E-state index is 10.5. The van der Waals surface area contributed by atoms with Gasteiger partial charge in [0.15, 0.2) is 0 Å². The summed E-state index contributed by atoms with van der Waals surface area (Å²) in [6.07, 6.45) is 11.2. The second-order valence-electron chi connectivity index (χ2n) is 3.85. The van der Waals surface area contributed by atoms with E-state index in [4.69, 9.17) is 0 Å². The summed E-state index contributed by atoms with van der Waals surface area (Å²) in [5.74, 6) is 0. The molecule has 0 aromatic heterocycles. The van der Waals surface area contributed by atoms with E-state index in [0.717, 1.165) is 19.1 Å². The normalized spacial score (nSPS) is 22.7. The van der Waals surface area contributed by atoms with E-state index < -0.39 is 0 Å². The van der Waals surface area contributed by atoms with Crippen LogP contribution in [0.1, 0.15) is 44.9 Å². The quantitative estimate of drug-likeness (QED) is 0.357. The van der Waals surface area contributed by atoms with Crippen LogP contribution in [-0.2, 0) is 4.79 Å². The second-order valence-corrected chi connectivity index (χ2v) is 3.85. The Kier molecular flexibility index (Phi) is 3.51. The molecule has 0 saturated heterocycles. The fraction of sp³-hybridized carbons (Fsp3) is 0.727. The zero-order valence-corrected chi connectivity index (χ0v) is 7.72. The summed E-state index contributed by atoms with van der Waals surface area (Å²) in [4.78, 5) is 10.5. The third kappa shape index (κ3) is 2.20. The molecule has 1 rings (SSSR count). The van der Waals surface area contributed by atoms with Crippen LogP contribution < -0.4 is 0 Å². The molecule has 1 nitrogen and oxygen atoms in total. The van der Waals surface area contributed by atoms with Crippen LogP contribution in [0.15, 0.2) is 12.7 Å². The largest absolute Gasteiger partial charge is 0.303 e. The predicted molar refractivity (Wildman–Crippen MR) is 51.0 cm³/mol. The maximum absolute atomic E-state index is 10.5. The molecule has 0 bridgehead atoms. The molecule has 0 aromatic rings. The standard InChI is InChI=1S/C11H18O/c1-2-11(9-10-12)7-5-3-4-6-8-11/h2,10H,1,3-9H2. The lowest BCUT2D eigenvalue weighted by Gasteiger charge is -2.26. The number of aldehydes is 1. The molecular weight excluding hydrogens is 148 g/mol. The smallest absolute Gasteiger partial charge is 0.120 e. The molecule has 1 aliphatic rings. The number of carbonyl (C=O) groups excluding carboxylic acids is 1. The summed E-state index contributed by atoms with van der Waals surface area (Å²) in [5, 5.41) is 0.